The number of nitrogens with two attached hydrogens (primary N) is 1. The van der Waals surface area contributed by atoms with Gasteiger partial charge in [-0.2, -0.15) is 0 Å². The van der Waals surface area contributed by atoms with Crippen molar-refractivity contribution in [2.45, 2.75) is 13.5 Å². The van der Waals surface area contributed by atoms with E-state index in [1.54, 1.807) is 0 Å². The van der Waals surface area contributed by atoms with E-state index in [9.17, 15) is 4.79 Å². The van der Waals surface area contributed by atoms with Crippen LogP contribution in [0.5, 0.6) is 0 Å². The van der Waals surface area contributed by atoms with Gasteiger partial charge in [-0.05, 0) is 12.5 Å². The fraction of sp³-hybridized carbons (Fsp3) is 0.222. The molecule has 0 aliphatic rings. The molecule has 0 heterocycles. The van der Waals surface area contributed by atoms with Crippen LogP contribution in [0, 0.1) is 6.92 Å². The van der Waals surface area contributed by atoms with Gasteiger partial charge in [0.1, 0.15) is 0 Å². The zero-order valence-electron chi connectivity index (χ0n) is 7.41. The highest BCUT2D eigenvalue weighted by molar-refractivity contribution is 5.70. The predicted molar refractivity (Wildman–Crippen MR) is 48.7 cm³/mol. The summed E-state index contributed by atoms with van der Waals surface area (Å²) in [6.45, 7) is 2.33. The average molecular weight is 180 g/mol. The second-order valence-electron chi connectivity index (χ2n) is 2.74. The van der Waals surface area contributed by atoms with Gasteiger partial charge in [0.2, 0.25) is 0 Å². The summed E-state index contributed by atoms with van der Waals surface area (Å²) in [6, 6.07) is 7.12. The number of hydrogen-bond acceptors (Lipinski definition) is 2. The molecule has 0 saturated carbocycles. The van der Waals surface area contributed by atoms with E-state index < -0.39 is 6.03 Å². The Morgan fingerprint density at radius 3 is 2.62 bits per heavy atom. The number of primary amides is 1. The fourth-order valence-electron chi connectivity index (χ4n) is 0.875. The Hall–Kier alpha value is -1.55. The Morgan fingerprint density at radius 2 is 2.08 bits per heavy atom. The Kier molecular flexibility index (Phi) is 3.28. The number of urea groups is 1. The van der Waals surface area contributed by atoms with Crippen LogP contribution in [-0.2, 0) is 11.4 Å². The first-order valence-corrected chi connectivity index (χ1v) is 3.91. The molecule has 0 fully saturated rings. The van der Waals surface area contributed by atoms with E-state index in [1.165, 1.54) is 5.56 Å². The summed E-state index contributed by atoms with van der Waals surface area (Å²) in [6.07, 6.45) is 0. The highest BCUT2D eigenvalue weighted by Crippen LogP contribution is 2.03. The van der Waals surface area contributed by atoms with E-state index in [1.807, 2.05) is 36.7 Å². The van der Waals surface area contributed by atoms with Crippen molar-refractivity contribution in [1.82, 2.24) is 5.48 Å². The molecule has 13 heavy (non-hydrogen) atoms. The molecule has 4 nitrogen and oxygen atoms in total. The maximum atomic E-state index is 10.2. The first-order valence-electron chi connectivity index (χ1n) is 3.91. The summed E-state index contributed by atoms with van der Waals surface area (Å²) < 4.78 is 0. The van der Waals surface area contributed by atoms with Gasteiger partial charge in [0.05, 0.1) is 6.61 Å². The van der Waals surface area contributed by atoms with Crippen LogP contribution in [0.4, 0.5) is 4.79 Å². The van der Waals surface area contributed by atoms with Crippen LogP contribution in [0.1, 0.15) is 11.1 Å². The van der Waals surface area contributed by atoms with Gasteiger partial charge in [-0.15, -0.1) is 0 Å². The van der Waals surface area contributed by atoms with Crippen LogP contribution in [0.3, 0.4) is 0 Å². The summed E-state index contributed by atoms with van der Waals surface area (Å²) in [5.41, 5.74) is 9.03. The number of aryl methyl sites for hydroxylation is 1. The second kappa shape index (κ2) is 4.47. The number of hydroxylamine groups is 1. The van der Waals surface area contributed by atoms with Gasteiger partial charge in [0.25, 0.3) is 0 Å². The van der Waals surface area contributed by atoms with E-state index >= 15 is 0 Å². The quantitative estimate of drug-likeness (QED) is 0.684. The van der Waals surface area contributed by atoms with Gasteiger partial charge in [0, 0.05) is 0 Å². The lowest BCUT2D eigenvalue weighted by atomic mass is 10.2. The Bertz CT molecular complexity index is 282. The molecule has 70 valence electrons. The molecule has 0 unspecified atom stereocenters. The highest BCUT2D eigenvalue weighted by atomic mass is 16.7. The van der Waals surface area contributed by atoms with Crippen molar-refractivity contribution < 1.29 is 9.63 Å². The molecule has 0 radical (unpaired) electrons. The lowest BCUT2D eigenvalue weighted by molar-refractivity contribution is 0.0521. The van der Waals surface area contributed by atoms with E-state index in [4.69, 9.17) is 10.6 Å². The van der Waals surface area contributed by atoms with Gasteiger partial charge in [-0.25, -0.2) is 10.3 Å². The van der Waals surface area contributed by atoms with Crippen molar-refractivity contribution in [2.75, 3.05) is 0 Å². The van der Waals surface area contributed by atoms with Crippen molar-refractivity contribution in [3.8, 4) is 0 Å². The van der Waals surface area contributed by atoms with E-state index in [-0.39, 0.29) is 0 Å². The fourth-order valence-corrected chi connectivity index (χ4v) is 0.875. The summed E-state index contributed by atoms with van der Waals surface area (Å²) in [5, 5.41) is 0. The van der Waals surface area contributed by atoms with Crippen LogP contribution in [0.25, 0.3) is 0 Å². The minimum absolute atomic E-state index is 0.323. The summed E-state index contributed by atoms with van der Waals surface area (Å²) >= 11 is 0. The SMILES string of the molecule is Cc1ccc(CONC(N)=O)cc1. The van der Waals surface area contributed by atoms with Crippen molar-refractivity contribution in [1.29, 1.82) is 0 Å². The molecule has 1 aromatic rings. The first-order chi connectivity index (χ1) is 6.18. The van der Waals surface area contributed by atoms with Gasteiger partial charge in [-0.1, -0.05) is 29.8 Å². The van der Waals surface area contributed by atoms with Gasteiger partial charge in [0.15, 0.2) is 0 Å². The lowest BCUT2D eigenvalue weighted by Crippen LogP contribution is -2.29. The van der Waals surface area contributed by atoms with Crippen LogP contribution in [0.15, 0.2) is 24.3 Å². The van der Waals surface area contributed by atoms with Gasteiger partial charge >= 0.3 is 6.03 Å². The molecule has 1 rings (SSSR count). The Morgan fingerprint density at radius 1 is 1.46 bits per heavy atom. The maximum Gasteiger partial charge on any atom is 0.336 e. The second-order valence-corrected chi connectivity index (χ2v) is 2.74. The highest BCUT2D eigenvalue weighted by Gasteiger charge is 1.94. The minimum atomic E-state index is -0.688. The molecule has 0 atom stereocenters. The summed E-state index contributed by atoms with van der Waals surface area (Å²) in [4.78, 5) is 15.0. The number of benzene rings is 1. The smallest absolute Gasteiger partial charge is 0.336 e. The number of carbonyl (C=O) groups excluding carboxylic acids is 1. The molecule has 0 bridgehead atoms. The number of hydrogen-bond donors (Lipinski definition) is 2. The number of rotatable bonds is 3. The molecule has 0 spiro atoms. The summed E-state index contributed by atoms with van der Waals surface area (Å²) in [7, 11) is 0. The molecule has 3 N–H and O–H groups in total. The molecule has 0 aliphatic heterocycles. The number of amides is 2. The third-order valence-electron chi connectivity index (χ3n) is 1.53. The zero-order valence-corrected chi connectivity index (χ0v) is 7.41. The molecule has 4 heteroatoms. The van der Waals surface area contributed by atoms with Crippen molar-refractivity contribution in [3.63, 3.8) is 0 Å². The van der Waals surface area contributed by atoms with Gasteiger partial charge < -0.3 is 5.73 Å². The Balaban J connectivity index is 2.37. The zero-order chi connectivity index (χ0) is 9.68. The topological polar surface area (TPSA) is 64.3 Å². The molecular formula is C9H12N2O2. The van der Waals surface area contributed by atoms with Gasteiger partial charge in [-0.3, -0.25) is 4.84 Å². The van der Waals surface area contributed by atoms with E-state index in [2.05, 4.69) is 0 Å². The largest absolute Gasteiger partial charge is 0.350 e. The third-order valence-corrected chi connectivity index (χ3v) is 1.53. The van der Waals surface area contributed by atoms with Crippen LogP contribution in [-0.4, -0.2) is 6.03 Å². The lowest BCUT2D eigenvalue weighted by Gasteiger charge is -2.03. The average Bonchev–Trinajstić information content (AvgIpc) is 2.08. The summed E-state index contributed by atoms with van der Waals surface area (Å²) in [5.74, 6) is 0. The number of nitrogens with one attached hydrogen (secondary N) is 1. The van der Waals surface area contributed by atoms with Crippen molar-refractivity contribution in [3.05, 3.63) is 35.4 Å². The van der Waals surface area contributed by atoms with E-state index in [0.29, 0.717) is 6.61 Å². The molecular weight excluding hydrogens is 168 g/mol. The maximum absolute atomic E-state index is 10.2. The monoisotopic (exact) mass is 180 g/mol. The normalized spacial score (nSPS) is 9.62. The molecule has 0 aliphatic carbocycles. The Labute approximate surface area is 76.6 Å². The minimum Gasteiger partial charge on any atom is -0.350 e. The van der Waals surface area contributed by atoms with Crippen molar-refractivity contribution in [2.24, 2.45) is 5.73 Å². The molecule has 0 saturated heterocycles. The molecule has 1 aromatic carbocycles. The van der Waals surface area contributed by atoms with Crippen LogP contribution < -0.4 is 11.2 Å². The number of carbonyl (C=O) groups is 1. The molecule has 2 amide bonds. The third kappa shape index (κ3) is 3.57. The molecule has 0 aromatic heterocycles. The van der Waals surface area contributed by atoms with Crippen molar-refractivity contribution >= 4 is 6.03 Å². The van der Waals surface area contributed by atoms with E-state index in [0.717, 1.165) is 5.56 Å². The van der Waals surface area contributed by atoms with Crippen LogP contribution >= 0.6 is 0 Å². The predicted octanol–water partition coefficient (Wildman–Crippen LogP) is 1.09. The van der Waals surface area contributed by atoms with Crippen LogP contribution in [0.2, 0.25) is 0 Å². The standard InChI is InChI=1S/C9H12N2O2/c1-7-2-4-8(5-3-7)6-13-11-9(10)12/h2-5H,6H2,1H3,(H3,10,11,12). The first kappa shape index (κ1) is 9.54.